The lowest BCUT2D eigenvalue weighted by molar-refractivity contribution is -0.121. The third-order valence-electron chi connectivity index (χ3n) is 6.45. The number of rotatable bonds is 10. The van der Waals surface area contributed by atoms with E-state index in [1.807, 2.05) is 0 Å². The molecule has 214 valence electrons. The molecule has 0 saturated heterocycles. The molecule has 11 heteroatoms. The number of amides is 1. The zero-order valence-electron chi connectivity index (χ0n) is 21.8. The van der Waals surface area contributed by atoms with Crippen LogP contribution in [0.3, 0.4) is 0 Å². The molecule has 0 aromatic heterocycles. The van der Waals surface area contributed by atoms with Crippen LogP contribution in [-0.2, 0) is 27.8 Å². The normalized spacial score (nSPS) is 12.1. The highest BCUT2D eigenvalue weighted by atomic mass is 35.5. The second kappa shape index (κ2) is 12.7. The van der Waals surface area contributed by atoms with Gasteiger partial charge in [0, 0.05) is 24.1 Å². The Kier molecular flexibility index (Phi) is 9.35. The van der Waals surface area contributed by atoms with Crippen molar-refractivity contribution in [3.05, 3.63) is 130 Å². The first kappa shape index (κ1) is 30.1. The first-order chi connectivity index (χ1) is 19.5. The second-order valence-electron chi connectivity index (χ2n) is 9.27. The number of benzene rings is 4. The van der Waals surface area contributed by atoms with E-state index in [0.717, 1.165) is 28.6 Å². The van der Waals surface area contributed by atoms with E-state index in [1.54, 1.807) is 0 Å². The van der Waals surface area contributed by atoms with Crippen LogP contribution in [0.1, 0.15) is 36.1 Å². The number of carbonyl (C=O) groups excluding carboxylic acids is 1. The lowest BCUT2D eigenvalue weighted by atomic mass is 9.97. The third-order valence-corrected chi connectivity index (χ3v) is 8.60. The summed E-state index contributed by atoms with van der Waals surface area (Å²) in [6, 6.07) is 15.8. The average Bonchev–Trinajstić information content (AvgIpc) is 2.93. The van der Waals surface area contributed by atoms with Gasteiger partial charge < -0.3 is 5.32 Å². The van der Waals surface area contributed by atoms with Gasteiger partial charge in [-0.2, -0.15) is 0 Å². The van der Waals surface area contributed by atoms with Gasteiger partial charge in [-0.25, -0.2) is 26.0 Å². The Morgan fingerprint density at radius 1 is 0.854 bits per heavy atom. The lowest BCUT2D eigenvalue weighted by Gasteiger charge is -2.32. The predicted molar refractivity (Wildman–Crippen MR) is 149 cm³/mol. The summed E-state index contributed by atoms with van der Waals surface area (Å²) in [4.78, 5) is 12.3. The van der Waals surface area contributed by atoms with Crippen molar-refractivity contribution in [1.29, 1.82) is 0 Å². The molecule has 1 N–H and O–H groups in total. The lowest BCUT2D eigenvalue weighted by Crippen LogP contribution is -2.35. The van der Waals surface area contributed by atoms with Gasteiger partial charge in [-0.3, -0.25) is 9.10 Å². The molecule has 4 rings (SSSR count). The number of anilines is 1. The van der Waals surface area contributed by atoms with Gasteiger partial charge in [-0.05, 0) is 90.7 Å². The Morgan fingerprint density at radius 2 is 1.46 bits per heavy atom. The first-order valence-corrected chi connectivity index (χ1v) is 14.3. The van der Waals surface area contributed by atoms with Crippen LogP contribution in [0.5, 0.6) is 0 Å². The first-order valence-electron chi connectivity index (χ1n) is 12.5. The number of hydrogen-bond acceptors (Lipinski definition) is 3. The Morgan fingerprint density at radius 3 is 2.15 bits per heavy atom. The Balaban J connectivity index is 1.66. The quantitative estimate of drug-likeness (QED) is 0.196. The molecule has 4 aromatic rings. The van der Waals surface area contributed by atoms with Crippen molar-refractivity contribution in [1.82, 2.24) is 5.32 Å². The average molecular weight is 605 g/mol. The fraction of sp³-hybridized carbons (Fsp3) is 0.167. The highest BCUT2D eigenvalue weighted by molar-refractivity contribution is 7.92. The molecule has 5 nitrogen and oxygen atoms in total. The number of nitrogens with one attached hydrogen (secondary N) is 1. The smallest absolute Gasteiger partial charge is 0.264 e. The van der Waals surface area contributed by atoms with E-state index in [4.69, 9.17) is 11.6 Å². The molecule has 0 unspecified atom stereocenters. The summed E-state index contributed by atoms with van der Waals surface area (Å²) in [5.74, 6) is -3.24. The molecule has 0 aliphatic rings. The van der Waals surface area contributed by atoms with Crippen LogP contribution < -0.4 is 9.62 Å². The van der Waals surface area contributed by atoms with Crippen LogP contribution in [0.4, 0.5) is 23.2 Å². The van der Waals surface area contributed by atoms with Gasteiger partial charge in [0.05, 0.1) is 16.6 Å². The van der Waals surface area contributed by atoms with Gasteiger partial charge in [-0.1, -0.05) is 29.8 Å². The molecule has 0 radical (unpaired) electrons. The largest absolute Gasteiger partial charge is 0.352 e. The third kappa shape index (κ3) is 7.25. The minimum absolute atomic E-state index is 0.0210. The van der Waals surface area contributed by atoms with Gasteiger partial charge in [-0.15, -0.1) is 0 Å². The van der Waals surface area contributed by atoms with Crippen LogP contribution in [0.15, 0.2) is 89.8 Å². The number of hydrogen-bond donors (Lipinski definition) is 1. The van der Waals surface area contributed by atoms with Gasteiger partial charge in [0.25, 0.3) is 10.0 Å². The minimum atomic E-state index is -4.49. The number of carbonyl (C=O) groups is 1. The summed E-state index contributed by atoms with van der Waals surface area (Å²) < 4.78 is 85.2. The van der Waals surface area contributed by atoms with Crippen LogP contribution in [0.25, 0.3) is 0 Å². The second-order valence-corrected chi connectivity index (χ2v) is 11.5. The highest BCUT2D eigenvalue weighted by Gasteiger charge is 2.33. The van der Waals surface area contributed by atoms with Gasteiger partial charge in [0.2, 0.25) is 5.91 Å². The predicted octanol–water partition coefficient (Wildman–Crippen LogP) is 7.10. The van der Waals surface area contributed by atoms with Crippen molar-refractivity contribution in [2.75, 3.05) is 4.31 Å². The molecular weight excluding hydrogens is 580 g/mol. The van der Waals surface area contributed by atoms with E-state index in [9.17, 15) is 26.4 Å². The van der Waals surface area contributed by atoms with Gasteiger partial charge >= 0.3 is 0 Å². The van der Waals surface area contributed by atoms with E-state index in [1.165, 1.54) is 67.6 Å². The maximum atomic E-state index is 15.0. The highest BCUT2D eigenvalue weighted by Crippen LogP contribution is 2.37. The maximum Gasteiger partial charge on any atom is 0.264 e. The van der Waals surface area contributed by atoms with E-state index >= 15 is 4.39 Å². The van der Waals surface area contributed by atoms with Gasteiger partial charge in [0.15, 0.2) is 0 Å². The van der Waals surface area contributed by atoms with Gasteiger partial charge in [0.1, 0.15) is 23.3 Å². The molecular formula is C30H25ClF4N2O3S. The summed E-state index contributed by atoms with van der Waals surface area (Å²) >= 11 is 5.92. The molecule has 4 aromatic carbocycles. The molecule has 0 fully saturated rings. The SMILES string of the molecule is C[C@H](c1ccc(F)cc1CCC(=O)NCc1ccc(F)cc1)N(c1cc(F)ccc1F)S(=O)(=O)c1ccc(Cl)cc1. The van der Waals surface area contributed by atoms with Crippen molar-refractivity contribution in [2.45, 2.75) is 37.2 Å². The summed E-state index contributed by atoms with van der Waals surface area (Å²) in [6.45, 7) is 1.61. The van der Waals surface area contributed by atoms with E-state index in [2.05, 4.69) is 5.32 Å². The van der Waals surface area contributed by atoms with E-state index in [-0.39, 0.29) is 35.2 Å². The Labute approximate surface area is 240 Å². The van der Waals surface area contributed by atoms with Crippen molar-refractivity contribution >= 4 is 33.2 Å². The molecule has 1 atom stereocenters. The summed E-state index contributed by atoms with van der Waals surface area (Å²) in [6.07, 6.45) is -0.0597. The van der Waals surface area contributed by atoms with Crippen LogP contribution in [0.2, 0.25) is 5.02 Å². The minimum Gasteiger partial charge on any atom is -0.352 e. The molecule has 1 amide bonds. The standard InChI is InChI=1S/C30H25ClF4N2O3S/c1-19(37(29-17-25(34)10-14-28(29)35)41(39,40)26-11-5-22(31)6-12-26)27-13-9-24(33)16-21(27)4-15-30(38)36-18-20-2-7-23(32)8-3-20/h2-3,5-14,16-17,19H,4,15,18H2,1H3,(H,36,38)/t19-/m1/s1. The van der Waals surface area contributed by atoms with Crippen LogP contribution in [0, 0.1) is 23.3 Å². The molecule has 41 heavy (non-hydrogen) atoms. The Hall–Kier alpha value is -3.89. The van der Waals surface area contributed by atoms with Crippen molar-refractivity contribution in [2.24, 2.45) is 0 Å². The van der Waals surface area contributed by atoms with Crippen LogP contribution in [-0.4, -0.2) is 14.3 Å². The summed E-state index contributed by atoms with van der Waals surface area (Å²) in [5, 5.41) is 2.98. The van der Waals surface area contributed by atoms with Crippen molar-refractivity contribution < 1.29 is 30.8 Å². The summed E-state index contributed by atoms with van der Waals surface area (Å²) in [5.41, 5.74) is 0.737. The Bertz CT molecular complexity index is 1650. The topological polar surface area (TPSA) is 66.5 Å². The van der Waals surface area contributed by atoms with Crippen LogP contribution >= 0.6 is 11.6 Å². The molecule has 0 saturated carbocycles. The van der Waals surface area contributed by atoms with Crippen molar-refractivity contribution in [3.63, 3.8) is 0 Å². The molecule has 0 aliphatic carbocycles. The maximum absolute atomic E-state index is 15.0. The number of sulfonamides is 1. The van der Waals surface area contributed by atoms with Crippen molar-refractivity contribution in [3.8, 4) is 0 Å². The van der Waals surface area contributed by atoms with E-state index in [0.29, 0.717) is 16.7 Å². The molecule has 0 spiro atoms. The zero-order chi connectivity index (χ0) is 29.7. The van der Waals surface area contributed by atoms with E-state index < -0.39 is 45.0 Å². The number of halogens is 5. The monoisotopic (exact) mass is 604 g/mol. The fourth-order valence-electron chi connectivity index (χ4n) is 4.39. The fourth-order valence-corrected chi connectivity index (χ4v) is 6.15. The summed E-state index contributed by atoms with van der Waals surface area (Å²) in [7, 11) is -4.49. The number of nitrogens with zero attached hydrogens (tertiary/aromatic N) is 1. The molecule has 0 heterocycles. The molecule has 0 bridgehead atoms. The zero-order valence-corrected chi connectivity index (χ0v) is 23.3. The molecule has 0 aliphatic heterocycles. The number of aryl methyl sites for hydroxylation is 1.